The van der Waals surface area contributed by atoms with Gasteiger partial charge in [0.1, 0.15) is 0 Å². The molecule has 5 nitrogen and oxygen atoms in total. The fourth-order valence-electron chi connectivity index (χ4n) is 2.66. The molecule has 0 aromatic heterocycles. The second-order valence-corrected chi connectivity index (χ2v) is 5.53. The first kappa shape index (κ1) is 16.5. The minimum atomic E-state index is -0.794. The number of urea groups is 1. The molecule has 1 saturated heterocycles. The molecule has 1 aliphatic rings. The van der Waals surface area contributed by atoms with Crippen molar-refractivity contribution in [2.24, 2.45) is 0 Å². The number of nitrogens with zero attached hydrogens (tertiary/aromatic N) is 2. The highest BCUT2D eigenvalue weighted by Gasteiger charge is 2.29. The number of carbonyl (C=O) groups is 2. The van der Waals surface area contributed by atoms with Crippen molar-refractivity contribution in [3.05, 3.63) is 12.2 Å². The van der Waals surface area contributed by atoms with E-state index in [1.807, 2.05) is 18.7 Å². The highest BCUT2D eigenvalue weighted by atomic mass is 16.4. The molecule has 0 bridgehead atoms. The molecule has 2 amide bonds. The van der Waals surface area contributed by atoms with E-state index in [2.05, 4.69) is 6.58 Å². The summed E-state index contributed by atoms with van der Waals surface area (Å²) >= 11 is 0. The van der Waals surface area contributed by atoms with Crippen LogP contribution in [-0.4, -0.2) is 52.6 Å². The predicted octanol–water partition coefficient (Wildman–Crippen LogP) is 2.72. The molecule has 1 fully saturated rings. The third-order valence-electron chi connectivity index (χ3n) is 3.68. The zero-order valence-corrected chi connectivity index (χ0v) is 12.6. The fraction of sp³-hybridized carbons (Fsp3) is 0.733. The third kappa shape index (κ3) is 4.87. The number of hydrogen-bond donors (Lipinski definition) is 1. The molecule has 114 valence electrons. The Labute approximate surface area is 121 Å². The molecular weight excluding hydrogens is 256 g/mol. The van der Waals surface area contributed by atoms with Crippen LogP contribution in [-0.2, 0) is 4.79 Å². The SMILES string of the molecule is C=C(C)CN(CC)C(=O)N1CCCCC1CCC(=O)O. The second-order valence-electron chi connectivity index (χ2n) is 5.53. The van der Waals surface area contributed by atoms with Gasteiger partial charge in [0.05, 0.1) is 0 Å². The Balaban J connectivity index is 2.69. The summed E-state index contributed by atoms with van der Waals surface area (Å²) in [7, 11) is 0. The van der Waals surface area contributed by atoms with Gasteiger partial charge in [-0.05, 0) is 39.5 Å². The van der Waals surface area contributed by atoms with Crippen LogP contribution in [0.5, 0.6) is 0 Å². The van der Waals surface area contributed by atoms with Crippen LogP contribution in [0.4, 0.5) is 4.79 Å². The topological polar surface area (TPSA) is 60.9 Å². The van der Waals surface area contributed by atoms with E-state index < -0.39 is 5.97 Å². The number of aliphatic carboxylic acids is 1. The number of carboxylic acids is 1. The zero-order chi connectivity index (χ0) is 15.1. The van der Waals surface area contributed by atoms with Gasteiger partial charge in [-0.2, -0.15) is 0 Å². The molecule has 0 aromatic carbocycles. The maximum atomic E-state index is 12.6. The van der Waals surface area contributed by atoms with E-state index in [-0.39, 0.29) is 18.5 Å². The average molecular weight is 282 g/mol. The molecular formula is C15H26N2O3. The molecule has 1 atom stereocenters. The lowest BCUT2D eigenvalue weighted by atomic mass is 9.98. The number of rotatable bonds is 6. The van der Waals surface area contributed by atoms with Gasteiger partial charge in [0.2, 0.25) is 0 Å². The van der Waals surface area contributed by atoms with Gasteiger partial charge in [-0.1, -0.05) is 12.2 Å². The molecule has 1 rings (SSSR count). The molecule has 0 aliphatic carbocycles. The summed E-state index contributed by atoms with van der Waals surface area (Å²) in [6, 6.07) is 0.0807. The highest BCUT2D eigenvalue weighted by Crippen LogP contribution is 2.22. The molecule has 0 saturated carbocycles. The predicted molar refractivity (Wildman–Crippen MR) is 78.7 cm³/mol. The van der Waals surface area contributed by atoms with Crippen molar-refractivity contribution in [1.29, 1.82) is 0 Å². The van der Waals surface area contributed by atoms with Crippen molar-refractivity contribution < 1.29 is 14.7 Å². The lowest BCUT2D eigenvalue weighted by Crippen LogP contribution is -2.50. The summed E-state index contributed by atoms with van der Waals surface area (Å²) in [4.78, 5) is 27.0. The van der Waals surface area contributed by atoms with Crippen LogP contribution in [0, 0.1) is 0 Å². The number of carbonyl (C=O) groups excluding carboxylic acids is 1. The summed E-state index contributed by atoms with van der Waals surface area (Å²) in [5.74, 6) is -0.794. The summed E-state index contributed by atoms with van der Waals surface area (Å²) in [6.07, 6.45) is 3.65. The largest absolute Gasteiger partial charge is 0.481 e. The Bertz CT molecular complexity index is 368. The van der Waals surface area contributed by atoms with Crippen LogP contribution in [0.25, 0.3) is 0 Å². The molecule has 20 heavy (non-hydrogen) atoms. The zero-order valence-electron chi connectivity index (χ0n) is 12.6. The van der Waals surface area contributed by atoms with Crippen LogP contribution >= 0.6 is 0 Å². The third-order valence-corrected chi connectivity index (χ3v) is 3.68. The Morgan fingerprint density at radius 3 is 2.65 bits per heavy atom. The van der Waals surface area contributed by atoms with Gasteiger partial charge >= 0.3 is 12.0 Å². The van der Waals surface area contributed by atoms with Crippen LogP contribution < -0.4 is 0 Å². The number of hydrogen-bond acceptors (Lipinski definition) is 2. The van der Waals surface area contributed by atoms with E-state index in [4.69, 9.17) is 5.11 Å². The molecule has 5 heteroatoms. The normalized spacial score (nSPS) is 18.7. The summed E-state index contributed by atoms with van der Waals surface area (Å²) in [6.45, 7) is 9.67. The van der Waals surface area contributed by atoms with E-state index >= 15 is 0 Å². The van der Waals surface area contributed by atoms with Crippen LogP contribution in [0.2, 0.25) is 0 Å². The maximum Gasteiger partial charge on any atom is 0.320 e. The fourth-order valence-corrected chi connectivity index (χ4v) is 2.66. The molecule has 0 radical (unpaired) electrons. The molecule has 1 N–H and O–H groups in total. The number of amides is 2. The minimum Gasteiger partial charge on any atom is -0.481 e. The number of likely N-dealkylation sites (tertiary alicyclic amines) is 1. The quantitative estimate of drug-likeness (QED) is 0.762. The summed E-state index contributed by atoms with van der Waals surface area (Å²) in [5.41, 5.74) is 0.958. The molecule has 0 spiro atoms. The van der Waals surface area contributed by atoms with Crippen molar-refractivity contribution in [2.75, 3.05) is 19.6 Å². The first-order valence-electron chi connectivity index (χ1n) is 7.37. The van der Waals surface area contributed by atoms with Crippen molar-refractivity contribution in [2.45, 2.75) is 52.0 Å². The van der Waals surface area contributed by atoms with Gasteiger partial charge in [-0.3, -0.25) is 4.79 Å². The molecule has 1 aliphatic heterocycles. The lowest BCUT2D eigenvalue weighted by molar-refractivity contribution is -0.137. The first-order valence-corrected chi connectivity index (χ1v) is 7.37. The van der Waals surface area contributed by atoms with Gasteiger partial charge < -0.3 is 14.9 Å². The lowest BCUT2D eigenvalue weighted by Gasteiger charge is -2.39. The number of piperidine rings is 1. The maximum absolute atomic E-state index is 12.6. The first-order chi connectivity index (χ1) is 9.45. The Hall–Kier alpha value is -1.52. The van der Waals surface area contributed by atoms with Gasteiger partial charge in [-0.25, -0.2) is 4.79 Å². The monoisotopic (exact) mass is 282 g/mol. The Morgan fingerprint density at radius 1 is 1.40 bits per heavy atom. The van der Waals surface area contributed by atoms with Gasteiger partial charge in [-0.15, -0.1) is 0 Å². The molecule has 1 heterocycles. The molecule has 1 unspecified atom stereocenters. The van der Waals surface area contributed by atoms with E-state index in [0.29, 0.717) is 19.5 Å². The average Bonchev–Trinajstić information content (AvgIpc) is 2.41. The van der Waals surface area contributed by atoms with Crippen molar-refractivity contribution in [3.8, 4) is 0 Å². The van der Waals surface area contributed by atoms with Gasteiger partial charge in [0.25, 0.3) is 0 Å². The Morgan fingerprint density at radius 2 is 2.10 bits per heavy atom. The van der Waals surface area contributed by atoms with E-state index in [0.717, 1.165) is 31.4 Å². The smallest absolute Gasteiger partial charge is 0.320 e. The summed E-state index contributed by atoms with van der Waals surface area (Å²) < 4.78 is 0. The van der Waals surface area contributed by atoms with Crippen LogP contribution in [0.3, 0.4) is 0 Å². The van der Waals surface area contributed by atoms with Crippen molar-refractivity contribution >= 4 is 12.0 Å². The van der Waals surface area contributed by atoms with E-state index in [9.17, 15) is 9.59 Å². The van der Waals surface area contributed by atoms with E-state index in [1.165, 1.54) is 0 Å². The van der Waals surface area contributed by atoms with Crippen LogP contribution in [0.15, 0.2) is 12.2 Å². The second kappa shape index (κ2) is 7.92. The number of carboxylic acid groups (broad SMARTS) is 1. The number of likely N-dealkylation sites (N-methyl/N-ethyl adjacent to an activating group) is 1. The van der Waals surface area contributed by atoms with Crippen molar-refractivity contribution in [3.63, 3.8) is 0 Å². The summed E-state index contributed by atoms with van der Waals surface area (Å²) in [5, 5.41) is 8.82. The minimum absolute atomic E-state index is 0.0191. The van der Waals surface area contributed by atoms with Gasteiger partial charge in [0, 0.05) is 32.1 Å². The molecule has 0 aromatic rings. The van der Waals surface area contributed by atoms with E-state index in [1.54, 1.807) is 4.90 Å². The van der Waals surface area contributed by atoms with Crippen molar-refractivity contribution in [1.82, 2.24) is 9.80 Å². The standard InChI is InChI=1S/C15H26N2O3/c1-4-16(11-12(2)3)15(20)17-10-6-5-7-13(17)8-9-14(18)19/h13H,2,4-11H2,1,3H3,(H,18,19). The Kier molecular flexibility index (Phi) is 6.55. The van der Waals surface area contributed by atoms with Gasteiger partial charge in [0.15, 0.2) is 0 Å². The highest BCUT2D eigenvalue weighted by molar-refractivity contribution is 5.75. The van der Waals surface area contributed by atoms with Crippen LogP contribution in [0.1, 0.15) is 46.0 Å².